The average Bonchev–Trinajstić information content (AvgIpc) is 2.22. The van der Waals surface area contributed by atoms with Gasteiger partial charge in [-0.1, -0.05) is 0 Å². The third kappa shape index (κ3) is 1.37. The molecule has 1 aromatic rings. The third-order valence-electron chi connectivity index (χ3n) is 3.72. The number of benzene rings is 1. The van der Waals surface area contributed by atoms with Crippen molar-refractivity contribution in [2.75, 3.05) is 18.0 Å². The van der Waals surface area contributed by atoms with Gasteiger partial charge < -0.3 is 4.90 Å². The number of anilines is 1. The molecule has 0 unspecified atom stereocenters. The first-order valence-corrected chi connectivity index (χ1v) is 5.60. The SMILES string of the molecule is N#Cc1ccc(N2CC3(CC(F)C3)C2)cc1. The summed E-state index contributed by atoms with van der Waals surface area (Å²) >= 11 is 0. The normalized spacial score (nSPS) is 22.4. The van der Waals surface area contributed by atoms with Gasteiger partial charge in [-0.15, -0.1) is 0 Å². The van der Waals surface area contributed by atoms with Crippen LogP contribution in [0.1, 0.15) is 18.4 Å². The van der Waals surface area contributed by atoms with E-state index in [0.717, 1.165) is 31.6 Å². The van der Waals surface area contributed by atoms with Gasteiger partial charge in [-0.05, 0) is 37.1 Å². The van der Waals surface area contributed by atoms with Gasteiger partial charge in [0.1, 0.15) is 6.17 Å². The van der Waals surface area contributed by atoms with Crippen LogP contribution in [0.4, 0.5) is 10.1 Å². The van der Waals surface area contributed by atoms with Crippen molar-refractivity contribution in [2.24, 2.45) is 5.41 Å². The summed E-state index contributed by atoms with van der Waals surface area (Å²) in [5.41, 5.74) is 2.10. The van der Waals surface area contributed by atoms with E-state index in [-0.39, 0.29) is 5.41 Å². The fourth-order valence-corrected chi connectivity index (χ4v) is 2.83. The van der Waals surface area contributed by atoms with E-state index >= 15 is 0 Å². The molecule has 0 amide bonds. The van der Waals surface area contributed by atoms with Gasteiger partial charge in [0.05, 0.1) is 11.6 Å². The molecule has 2 aliphatic rings. The van der Waals surface area contributed by atoms with E-state index in [4.69, 9.17) is 5.26 Å². The molecule has 1 saturated carbocycles. The zero-order valence-corrected chi connectivity index (χ0v) is 8.99. The zero-order valence-electron chi connectivity index (χ0n) is 8.99. The van der Waals surface area contributed by atoms with Crippen molar-refractivity contribution in [3.05, 3.63) is 29.8 Å². The summed E-state index contributed by atoms with van der Waals surface area (Å²) in [5.74, 6) is 0. The van der Waals surface area contributed by atoms with Crippen LogP contribution in [-0.4, -0.2) is 19.3 Å². The third-order valence-corrected chi connectivity index (χ3v) is 3.72. The number of hydrogen-bond acceptors (Lipinski definition) is 2. The largest absolute Gasteiger partial charge is 0.370 e. The quantitative estimate of drug-likeness (QED) is 0.721. The second kappa shape index (κ2) is 3.21. The number of halogens is 1. The van der Waals surface area contributed by atoms with E-state index in [1.54, 1.807) is 0 Å². The molecular weight excluding hydrogens is 203 g/mol. The molecule has 1 heterocycles. The fraction of sp³-hybridized carbons (Fsp3) is 0.462. The Bertz CT molecular complexity index is 432. The van der Waals surface area contributed by atoms with Gasteiger partial charge >= 0.3 is 0 Å². The van der Waals surface area contributed by atoms with Crippen LogP contribution in [0.15, 0.2) is 24.3 Å². The Morgan fingerprint density at radius 3 is 2.38 bits per heavy atom. The summed E-state index contributed by atoms with van der Waals surface area (Å²) in [6, 6.07) is 9.71. The molecule has 82 valence electrons. The van der Waals surface area contributed by atoms with Crippen molar-refractivity contribution in [3.63, 3.8) is 0 Å². The van der Waals surface area contributed by atoms with E-state index in [1.807, 2.05) is 24.3 Å². The van der Waals surface area contributed by atoms with Gasteiger partial charge in [0.15, 0.2) is 0 Å². The molecule has 2 fully saturated rings. The predicted molar refractivity (Wildman–Crippen MR) is 59.9 cm³/mol. The molecule has 0 aromatic heterocycles. The maximum absolute atomic E-state index is 12.8. The van der Waals surface area contributed by atoms with Crippen molar-refractivity contribution in [1.29, 1.82) is 5.26 Å². The predicted octanol–water partition coefficient (Wildman–Crippen LogP) is 2.50. The Hall–Kier alpha value is -1.56. The maximum Gasteiger partial charge on any atom is 0.101 e. The topological polar surface area (TPSA) is 27.0 Å². The van der Waals surface area contributed by atoms with Crippen molar-refractivity contribution >= 4 is 5.69 Å². The molecule has 1 saturated heterocycles. The summed E-state index contributed by atoms with van der Waals surface area (Å²) < 4.78 is 12.8. The Morgan fingerprint density at radius 1 is 1.25 bits per heavy atom. The maximum atomic E-state index is 12.8. The molecular formula is C13H13FN2. The van der Waals surface area contributed by atoms with Crippen LogP contribution in [0.5, 0.6) is 0 Å². The molecule has 3 heteroatoms. The molecule has 0 N–H and O–H groups in total. The van der Waals surface area contributed by atoms with Gasteiger partial charge in [0.2, 0.25) is 0 Å². The van der Waals surface area contributed by atoms with Crippen molar-refractivity contribution < 1.29 is 4.39 Å². The molecule has 0 atom stereocenters. The van der Waals surface area contributed by atoms with Crippen molar-refractivity contribution in [2.45, 2.75) is 19.0 Å². The van der Waals surface area contributed by atoms with Crippen LogP contribution in [0.25, 0.3) is 0 Å². The number of hydrogen-bond donors (Lipinski definition) is 0. The number of nitriles is 1. The van der Waals surface area contributed by atoms with Crippen LogP contribution in [-0.2, 0) is 0 Å². The van der Waals surface area contributed by atoms with E-state index in [1.165, 1.54) is 0 Å². The Morgan fingerprint density at radius 2 is 1.88 bits per heavy atom. The first-order valence-electron chi connectivity index (χ1n) is 5.60. The molecule has 2 nitrogen and oxygen atoms in total. The van der Waals surface area contributed by atoms with Gasteiger partial charge in [0.25, 0.3) is 0 Å². The highest BCUT2D eigenvalue weighted by Crippen LogP contribution is 2.50. The smallest absolute Gasteiger partial charge is 0.101 e. The van der Waals surface area contributed by atoms with Gasteiger partial charge in [-0.3, -0.25) is 0 Å². The highest BCUT2D eigenvalue weighted by atomic mass is 19.1. The van der Waals surface area contributed by atoms with Gasteiger partial charge in [-0.25, -0.2) is 4.39 Å². The minimum atomic E-state index is -0.567. The molecule has 16 heavy (non-hydrogen) atoms. The lowest BCUT2D eigenvalue weighted by Crippen LogP contribution is -2.63. The van der Waals surface area contributed by atoms with Crippen molar-refractivity contribution in [1.82, 2.24) is 0 Å². The molecule has 1 aliphatic heterocycles. The standard InChI is InChI=1S/C13H13FN2/c14-11-5-13(6-11)8-16(9-13)12-3-1-10(7-15)2-4-12/h1-4,11H,5-6,8-9H2. The lowest BCUT2D eigenvalue weighted by molar-refractivity contribution is 0.000860. The Balaban J connectivity index is 1.66. The molecule has 3 rings (SSSR count). The minimum Gasteiger partial charge on any atom is -0.370 e. The van der Waals surface area contributed by atoms with E-state index in [9.17, 15) is 4.39 Å². The number of nitrogens with zero attached hydrogens (tertiary/aromatic N) is 2. The summed E-state index contributed by atoms with van der Waals surface area (Å²) in [6.07, 6.45) is 0.905. The van der Waals surface area contributed by atoms with Crippen LogP contribution < -0.4 is 4.90 Å². The van der Waals surface area contributed by atoms with Crippen LogP contribution in [0, 0.1) is 16.7 Å². The zero-order chi connectivity index (χ0) is 11.2. The second-order valence-electron chi connectivity index (χ2n) is 5.02. The summed E-state index contributed by atoms with van der Waals surface area (Å²) in [5, 5.41) is 8.69. The number of rotatable bonds is 1. The van der Waals surface area contributed by atoms with Gasteiger partial charge in [0, 0.05) is 24.2 Å². The number of alkyl halides is 1. The van der Waals surface area contributed by atoms with Crippen LogP contribution >= 0.6 is 0 Å². The lowest BCUT2D eigenvalue weighted by Gasteiger charge is -2.58. The Labute approximate surface area is 94.3 Å². The summed E-state index contributed by atoms with van der Waals surface area (Å²) in [6.45, 7) is 1.94. The Kier molecular flexibility index (Phi) is 1.94. The molecule has 1 aliphatic carbocycles. The van der Waals surface area contributed by atoms with Crippen LogP contribution in [0.2, 0.25) is 0 Å². The first kappa shape index (κ1) is 9.65. The van der Waals surface area contributed by atoms with Crippen LogP contribution in [0.3, 0.4) is 0 Å². The highest BCUT2D eigenvalue weighted by molar-refractivity contribution is 5.52. The van der Waals surface area contributed by atoms with E-state index < -0.39 is 6.17 Å². The van der Waals surface area contributed by atoms with E-state index in [2.05, 4.69) is 11.0 Å². The molecule has 1 aromatic carbocycles. The highest BCUT2D eigenvalue weighted by Gasteiger charge is 2.52. The van der Waals surface area contributed by atoms with Gasteiger partial charge in [-0.2, -0.15) is 5.26 Å². The average molecular weight is 216 g/mol. The second-order valence-corrected chi connectivity index (χ2v) is 5.02. The summed E-state index contributed by atoms with van der Waals surface area (Å²) in [7, 11) is 0. The lowest BCUT2D eigenvalue weighted by atomic mass is 9.62. The minimum absolute atomic E-state index is 0.271. The molecule has 0 radical (unpaired) electrons. The van der Waals surface area contributed by atoms with E-state index in [0.29, 0.717) is 5.56 Å². The molecule has 0 bridgehead atoms. The molecule has 1 spiro atoms. The van der Waals surface area contributed by atoms with Crippen molar-refractivity contribution in [3.8, 4) is 6.07 Å². The first-order chi connectivity index (χ1) is 7.71. The summed E-state index contributed by atoms with van der Waals surface area (Å²) in [4.78, 5) is 2.26. The monoisotopic (exact) mass is 216 g/mol. The fourth-order valence-electron chi connectivity index (χ4n) is 2.83.